The summed E-state index contributed by atoms with van der Waals surface area (Å²) in [6, 6.07) is 9.79. The van der Waals surface area contributed by atoms with Gasteiger partial charge in [0.1, 0.15) is 10.4 Å². The van der Waals surface area contributed by atoms with Crippen molar-refractivity contribution in [2.24, 2.45) is 0 Å². The molecule has 4 heteroatoms. The molecule has 0 bridgehead atoms. The van der Waals surface area contributed by atoms with Gasteiger partial charge in [-0.1, -0.05) is 68.2 Å². The second-order valence-corrected chi connectivity index (χ2v) is 7.83. The van der Waals surface area contributed by atoms with Crippen molar-refractivity contribution in [3.63, 3.8) is 0 Å². The van der Waals surface area contributed by atoms with E-state index in [2.05, 4.69) is 32.9 Å². The summed E-state index contributed by atoms with van der Waals surface area (Å²) in [6.07, 6.45) is 0.339. The second kappa shape index (κ2) is 6.07. The minimum absolute atomic E-state index is 0.146. The molecule has 1 aromatic carbocycles. The number of hydrogen-bond donors (Lipinski definition) is 1. The lowest BCUT2D eigenvalue weighted by molar-refractivity contribution is 0.221. The molecule has 1 atom stereocenters. The Labute approximate surface area is 134 Å². The SMILES string of the molecule is CCC(C)(C)c1ccc(C(O)c2cc(Cl)sc2Cl)cc1. The van der Waals surface area contributed by atoms with E-state index in [4.69, 9.17) is 23.2 Å². The Hall–Kier alpha value is -0.540. The van der Waals surface area contributed by atoms with E-state index >= 15 is 0 Å². The molecule has 2 aromatic rings. The Morgan fingerprint density at radius 2 is 1.80 bits per heavy atom. The normalized spacial score (nSPS) is 13.5. The van der Waals surface area contributed by atoms with Gasteiger partial charge in [-0.05, 0) is 29.0 Å². The van der Waals surface area contributed by atoms with Crippen LogP contribution in [0.1, 0.15) is 50.0 Å². The molecule has 108 valence electrons. The van der Waals surface area contributed by atoms with Crippen LogP contribution in [0.3, 0.4) is 0 Å². The van der Waals surface area contributed by atoms with Crippen LogP contribution in [0.15, 0.2) is 30.3 Å². The van der Waals surface area contributed by atoms with Crippen LogP contribution in [0.5, 0.6) is 0 Å². The van der Waals surface area contributed by atoms with Crippen molar-refractivity contribution in [3.05, 3.63) is 55.7 Å². The van der Waals surface area contributed by atoms with Crippen LogP contribution in [0, 0.1) is 0 Å². The number of halogens is 2. The molecule has 0 aliphatic heterocycles. The average Bonchev–Trinajstić information content (AvgIpc) is 2.77. The topological polar surface area (TPSA) is 20.2 Å². The molecule has 0 spiro atoms. The first-order valence-corrected chi connectivity index (χ1v) is 8.15. The third-order valence-electron chi connectivity index (χ3n) is 3.87. The van der Waals surface area contributed by atoms with Crippen LogP contribution in [-0.2, 0) is 5.41 Å². The van der Waals surface area contributed by atoms with Crippen molar-refractivity contribution in [3.8, 4) is 0 Å². The Bertz CT molecular complexity index is 587. The molecule has 0 aliphatic carbocycles. The highest BCUT2D eigenvalue weighted by Crippen LogP contribution is 2.38. The number of aliphatic hydroxyl groups is 1. The van der Waals surface area contributed by atoms with Crippen molar-refractivity contribution < 1.29 is 5.11 Å². The third-order valence-corrected chi connectivity index (χ3v) is 5.39. The lowest BCUT2D eigenvalue weighted by Crippen LogP contribution is -2.15. The van der Waals surface area contributed by atoms with Crippen LogP contribution in [-0.4, -0.2) is 5.11 Å². The van der Waals surface area contributed by atoms with E-state index < -0.39 is 6.10 Å². The molecule has 2 rings (SSSR count). The van der Waals surface area contributed by atoms with Gasteiger partial charge in [-0.3, -0.25) is 0 Å². The maximum absolute atomic E-state index is 10.4. The number of thiophene rings is 1. The van der Waals surface area contributed by atoms with Gasteiger partial charge in [0.2, 0.25) is 0 Å². The largest absolute Gasteiger partial charge is 0.384 e. The summed E-state index contributed by atoms with van der Waals surface area (Å²) >= 11 is 13.3. The van der Waals surface area contributed by atoms with Crippen molar-refractivity contribution >= 4 is 34.5 Å². The molecule has 1 aromatic heterocycles. The van der Waals surface area contributed by atoms with E-state index in [9.17, 15) is 5.11 Å². The first-order chi connectivity index (χ1) is 9.35. The summed E-state index contributed by atoms with van der Waals surface area (Å²) in [5, 5.41) is 10.4. The van der Waals surface area contributed by atoms with E-state index in [1.807, 2.05) is 12.1 Å². The van der Waals surface area contributed by atoms with Gasteiger partial charge in [0.05, 0.1) is 4.34 Å². The molecule has 0 saturated carbocycles. The van der Waals surface area contributed by atoms with Crippen LogP contribution in [0.25, 0.3) is 0 Å². The smallest absolute Gasteiger partial charge is 0.106 e. The monoisotopic (exact) mass is 328 g/mol. The van der Waals surface area contributed by atoms with Crippen LogP contribution in [0.2, 0.25) is 8.67 Å². The molecule has 20 heavy (non-hydrogen) atoms. The zero-order chi connectivity index (χ0) is 14.9. The van der Waals surface area contributed by atoms with Crippen molar-refractivity contribution in [1.82, 2.24) is 0 Å². The molecule has 0 amide bonds. The van der Waals surface area contributed by atoms with Crippen molar-refractivity contribution in [2.45, 2.75) is 38.7 Å². The highest BCUT2D eigenvalue weighted by atomic mass is 35.5. The Balaban J connectivity index is 2.28. The number of aliphatic hydroxyl groups excluding tert-OH is 1. The summed E-state index contributed by atoms with van der Waals surface area (Å²) in [7, 11) is 0. The molecule has 0 radical (unpaired) electrons. The Morgan fingerprint density at radius 1 is 1.20 bits per heavy atom. The first-order valence-electron chi connectivity index (χ1n) is 6.58. The molecular weight excluding hydrogens is 311 g/mol. The van der Waals surface area contributed by atoms with Gasteiger partial charge in [0.15, 0.2) is 0 Å². The maximum atomic E-state index is 10.4. The van der Waals surface area contributed by atoms with Gasteiger partial charge in [-0.2, -0.15) is 0 Å². The van der Waals surface area contributed by atoms with E-state index in [0.717, 1.165) is 12.0 Å². The fraction of sp³-hybridized carbons (Fsp3) is 0.375. The number of benzene rings is 1. The summed E-state index contributed by atoms with van der Waals surface area (Å²) in [4.78, 5) is 0. The predicted octanol–water partition coefficient (Wildman–Crippen LogP) is 5.82. The second-order valence-electron chi connectivity index (χ2n) is 5.54. The van der Waals surface area contributed by atoms with Crippen LogP contribution < -0.4 is 0 Å². The minimum atomic E-state index is -0.731. The van der Waals surface area contributed by atoms with Gasteiger partial charge < -0.3 is 5.11 Å². The summed E-state index contributed by atoms with van der Waals surface area (Å²) < 4.78 is 1.13. The Kier molecular flexibility index (Phi) is 4.80. The van der Waals surface area contributed by atoms with E-state index in [-0.39, 0.29) is 5.41 Å². The minimum Gasteiger partial charge on any atom is -0.384 e. The third kappa shape index (κ3) is 3.20. The van der Waals surface area contributed by atoms with Crippen molar-refractivity contribution in [1.29, 1.82) is 0 Å². The highest BCUT2D eigenvalue weighted by Gasteiger charge is 2.20. The lowest BCUT2D eigenvalue weighted by atomic mass is 9.82. The quantitative estimate of drug-likeness (QED) is 0.749. The highest BCUT2D eigenvalue weighted by molar-refractivity contribution is 7.20. The standard InChI is InChI=1S/C16H18Cl2OS/c1-4-16(2,3)11-7-5-10(6-8-11)14(19)12-9-13(17)20-15(12)18/h5-9,14,19H,4H2,1-3H3. The van der Waals surface area contributed by atoms with Gasteiger partial charge in [0.25, 0.3) is 0 Å². The summed E-state index contributed by atoms with van der Waals surface area (Å²) in [6.45, 7) is 6.61. The maximum Gasteiger partial charge on any atom is 0.106 e. The predicted molar refractivity (Wildman–Crippen MR) is 88.2 cm³/mol. The van der Waals surface area contributed by atoms with Crippen molar-refractivity contribution in [2.75, 3.05) is 0 Å². The van der Waals surface area contributed by atoms with Crippen LogP contribution in [0.4, 0.5) is 0 Å². The van der Waals surface area contributed by atoms with E-state index in [1.54, 1.807) is 6.07 Å². The zero-order valence-electron chi connectivity index (χ0n) is 11.8. The summed E-state index contributed by atoms with van der Waals surface area (Å²) in [5.41, 5.74) is 2.92. The van der Waals surface area contributed by atoms with Gasteiger partial charge in [-0.15, -0.1) is 11.3 Å². The fourth-order valence-electron chi connectivity index (χ4n) is 2.04. The molecular formula is C16H18Cl2OS. The lowest BCUT2D eigenvalue weighted by Gasteiger charge is -2.23. The van der Waals surface area contributed by atoms with Gasteiger partial charge >= 0.3 is 0 Å². The molecule has 0 fully saturated rings. The van der Waals surface area contributed by atoms with Gasteiger partial charge in [-0.25, -0.2) is 0 Å². The van der Waals surface area contributed by atoms with Gasteiger partial charge in [0, 0.05) is 5.56 Å². The van der Waals surface area contributed by atoms with E-state index in [0.29, 0.717) is 14.2 Å². The molecule has 0 aliphatic rings. The Morgan fingerprint density at radius 3 is 2.25 bits per heavy atom. The molecule has 0 saturated heterocycles. The molecule has 1 unspecified atom stereocenters. The van der Waals surface area contributed by atoms with Crippen LogP contribution >= 0.6 is 34.5 Å². The molecule has 1 N–H and O–H groups in total. The summed E-state index contributed by atoms with van der Waals surface area (Å²) in [5.74, 6) is 0. The zero-order valence-corrected chi connectivity index (χ0v) is 14.1. The average molecular weight is 329 g/mol. The first kappa shape index (κ1) is 15.8. The number of rotatable bonds is 4. The molecule has 1 heterocycles. The number of hydrogen-bond acceptors (Lipinski definition) is 2. The fourth-order valence-corrected chi connectivity index (χ4v) is 3.56. The van der Waals surface area contributed by atoms with E-state index in [1.165, 1.54) is 16.9 Å². The molecule has 1 nitrogen and oxygen atoms in total.